The van der Waals surface area contributed by atoms with Gasteiger partial charge in [0.25, 0.3) is 5.91 Å². The van der Waals surface area contributed by atoms with E-state index in [-0.39, 0.29) is 11.9 Å². The minimum absolute atomic E-state index is 0.0161. The minimum atomic E-state index is -0.0161. The first-order valence-corrected chi connectivity index (χ1v) is 7.64. The molecule has 0 spiro atoms. The molecule has 21 heavy (non-hydrogen) atoms. The van der Waals surface area contributed by atoms with Crippen molar-refractivity contribution in [3.8, 4) is 0 Å². The van der Waals surface area contributed by atoms with Crippen LogP contribution in [0.1, 0.15) is 29.0 Å². The van der Waals surface area contributed by atoms with Gasteiger partial charge in [-0.1, -0.05) is 11.6 Å². The number of rotatable bonds is 3. The Morgan fingerprint density at radius 1 is 1.52 bits per heavy atom. The van der Waals surface area contributed by atoms with Crippen LogP contribution >= 0.6 is 11.6 Å². The van der Waals surface area contributed by atoms with Crippen LogP contribution in [-0.2, 0) is 0 Å². The molecule has 0 bridgehead atoms. The van der Waals surface area contributed by atoms with Gasteiger partial charge in [0.1, 0.15) is 5.58 Å². The number of aryl methyl sites for hydroxylation is 1. The van der Waals surface area contributed by atoms with E-state index in [9.17, 15) is 4.79 Å². The van der Waals surface area contributed by atoms with Crippen LogP contribution in [-0.4, -0.2) is 37.0 Å². The summed E-state index contributed by atoms with van der Waals surface area (Å²) in [6, 6.07) is 5.69. The molecule has 3 rings (SSSR count). The number of likely N-dealkylation sites (tertiary alicyclic amines) is 1. The third kappa shape index (κ3) is 2.54. The fourth-order valence-electron chi connectivity index (χ4n) is 3.08. The number of nitrogens with one attached hydrogen (secondary N) is 1. The van der Waals surface area contributed by atoms with Gasteiger partial charge in [-0.25, -0.2) is 0 Å². The molecular weight excluding hydrogens is 288 g/mol. The fraction of sp³-hybridized carbons (Fsp3) is 0.438. The van der Waals surface area contributed by atoms with E-state index in [0.717, 1.165) is 36.9 Å². The number of nitrogens with zero attached hydrogens (tertiary/aromatic N) is 1. The van der Waals surface area contributed by atoms with Crippen molar-refractivity contribution >= 4 is 28.5 Å². The van der Waals surface area contributed by atoms with E-state index in [1.54, 1.807) is 6.07 Å². The molecule has 0 radical (unpaired) electrons. The summed E-state index contributed by atoms with van der Waals surface area (Å²) in [6.07, 6.45) is 2.08. The lowest BCUT2D eigenvalue weighted by atomic mass is 10.1. The van der Waals surface area contributed by atoms with Crippen molar-refractivity contribution in [1.82, 2.24) is 10.2 Å². The number of fused-ring (bicyclic) bond motifs is 1. The molecule has 2 aromatic rings. The second kappa shape index (κ2) is 5.70. The number of halogens is 1. The Bertz CT molecular complexity index is 680. The summed E-state index contributed by atoms with van der Waals surface area (Å²) in [5.74, 6) is 0.424. The molecule has 1 aliphatic rings. The number of amides is 1. The maximum absolute atomic E-state index is 12.8. The Morgan fingerprint density at radius 3 is 3.10 bits per heavy atom. The number of furan rings is 1. The van der Waals surface area contributed by atoms with Crippen LogP contribution in [0.4, 0.5) is 0 Å². The summed E-state index contributed by atoms with van der Waals surface area (Å²) in [5, 5.41) is 4.72. The number of hydrogen-bond donors (Lipinski definition) is 1. The maximum Gasteiger partial charge on any atom is 0.290 e. The molecule has 1 N–H and O–H groups in total. The molecule has 5 heteroatoms. The Morgan fingerprint density at radius 2 is 2.33 bits per heavy atom. The third-order valence-electron chi connectivity index (χ3n) is 4.17. The van der Waals surface area contributed by atoms with Gasteiger partial charge in [0.05, 0.1) is 0 Å². The predicted octanol–water partition coefficient (Wildman–Crippen LogP) is 3.22. The van der Waals surface area contributed by atoms with Gasteiger partial charge in [0.2, 0.25) is 0 Å². The number of benzene rings is 1. The van der Waals surface area contributed by atoms with E-state index in [4.69, 9.17) is 16.0 Å². The van der Waals surface area contributed by atoms with Crippen molar-refractivity contribution in [2.75, 3.05) is 20.1 Å². The van der Waals surface area contributed by atoms with Crippen molar-refractivity contribution in [2.24, 2.45) is 0 Å². The molecule has 1 fully saturated rings. The van der Waals surface area contributed by atoms with E-state index in [0.29, 0.717) is 16.4 Å². The second-order valence-electron chi connectivity index (χ2n) is 5.55. The van der Waals surface area contributed by atoms with Crippen molar-refractivity contribution in [3.05, 3.63) is 34.5 Å². The van der Waals surface area contributed by atoms with Gasteiger partial charge >= 0.3 is 0 Å². The molecule has 1 aliphatic heterocycles. The van der Waals surface area contributed by atoms with Gasteiger partial charge in [0.15, 0.2) is 5.76 Å². The number of hydrogen-bond acceptors (Lipinski definition) is 3. The second-order valence-corrected chi connectivity index (χ2v) is 5.99. The smallest absolute Gasteiger partial charge is 0.290 e. The van der Waals surface area contributed by atoms with Crippen LogP contribution in [0.15, 0.2) is 22.6 Å². The summed E-state index contributed by atoms with van der Waals surface area (Å²) < 4.78 is 5.78. The molecule has 1 aromatic heterocycles. The summed E-state index contributed by atoms with van der Waals surface area (Å²) in [7, 11) is 1.91. The molecular formula is C16H19ClN2O2. The first kappa shape index (κ1) is 14.4. The van der Waals surface area contributed by atoms with Gasteiger partial charge in [-0.15, -0.1) is 0 Å². The molecule has 2 heterocycles. The summed E-state index contributed by atoms with van der Waals surface area (Å²) >= 11 is 6.03. The lowest BCUT2D eigenvalue weighted by molar-refractivity contribution is 0.0706. The normalized spacial score (nSPS) is 18.6. The van der Waals surface area contributed by atoms with Crippen LogP contribution in [0, 0.1) is 6.92 Å². The molecule has 1 atom stereocenters. The van der Waals surface area contributed by atoms with Crippen molar-refractivity contribution in [1.29, 1.82) is 0 Å². The number of carbonyl (C=O) groups is 1. The highest BCUT2D eigenvalue weighted by atomic mass is 35.5. The lowest BCUT2D eigenvalue weighted by Crippen LogP contribution is -2.40. The highest BCUT2D eigenvalue weighted by molar-refractivity contribution is 6.31. The molecule has 112 valence electrons. The molecule has 1 aromatic carbocycles. The molecule has 0 unspecified atom stereocenters. The SMILES string of the molecule is CNC[C@H]1CCCN1C(=O)c1oc2ccc(Cl)cc2c1C. The lowest BCUT2D eigenvalue weighted by Gasteiger charge is -2.23. The van der Waals surface area contributed by atoms with Gasteiger partial charge in [-0.3, -0.25) is 4.79 Å². The molecule has 0 aliphatic carbocycles. The quantitative estimate of drug-likeness (QED) is 0.947. The topological polar surface area (TPSA) is 45.5 Å². The van der Waals surface area contributed by atoms with Crippen LogP contribution in [0.25, 0.3) is 11.0 Å². The van der Waals surface area contributed by atoms with Crippen LogP contribution in [0.3, 0.4) is 0 Å². The Labute approximate surface area is 129 Å². The Hall–Kier alpha value is -1.52. The predicted molar refractivity (Wildman–Crippen MR) is 83.9 cm³/mol. The zero-order chi connectivity index (χ0) is 15.0. The van der Waals surface area contributed by atoms with Crippen LogP contribution < -0.4 is 5.32 Å². The standard InChI is InChI=1S/C16H19ClN2O2/c1-10-13-8-11(17)5-6-14(13)21-15(10)16(20)19-7-3-4-12(19)9-18-2/h5-6,8,12,18H,3-4,7,9H2,1-2H3/t12-/m1/s1. The number of likely N-dealkylation sites (N-methyl/N-ethyl adjacent to an activating group) is 1. The van der Waals surface area contributed by atoms with E-state index in [1.807, 2.05) is 31.0 Å². The molecule has 4 nitrogen and oxygen atoms in total. The van der Waals surface area contributed by atoms with Gasteiger partial charge in [0, 0.05) is 35.1 Å². The zero-order valence-corrected chi connectivity index (χ0v) is 13.0. The van der Waals surface area contributed by atoms with Gasteiger partial charge in [-0.05, 0) is 45.0 Å². The van der Waals surface area contributed by atoms with E-state index in [1.165, 1.54) is 0 Å². The minimum Gasteiger partial charge on any atom is -0.451 e. The monoisotopic (exact) mass is 306 g/mol. The van der Waals surface area contributed by atoms with Crippen molar-refractivity contribution in [3.63, 3.8) is 0 Å². The third-order valence-corrected chi connectivity index (χ3v) is 4.41. The summed E-state index contributed by atoms with van der Waals surface area (Å²) in [4.78, 5) is 14.7. The van der Waals surface area contributed by atoms with Gasteiger partial charge < -0.3 is 14.6 Å². The van der Waals surface area contributed by atoms with Crippen molar-refractivity contribution in [2.45, 2.75) is 25.8 Å². The Kier molecular flexibility index (Phi) is 3.91. The number of carbonyl (C=O) groups excluding carboxylic acids is 1. The van der Waals surface area contributed by atoms with Crippen molar-refractivity contribution < 1.29 is 9.21 Å². The van der Waals surface area contributed by atoms with Crippen LogP contribution in [0.2, 0.25) is 5.02 Å². The molecule has 0 saturated carbocycles. The highest BCUT2D eigenvalue weighted by Crippen LogP contribution is 2.30. The average molecular weight is 307 g/mol. The summed E-state index contributed by atoms with van der Waals surface area (Å²) in [6.45, 7) is 3.53. The zero-order valence-electron chi connectivity index (χ0n) is 12.3. The summed E-state index contributed by atoms with van der Waals surface area (Å²) in [5.41, 5.74) is 1.58. The van der Waals surface area contributed by atoms with Crippen LogP contribution in [0.5, 0.6) is 0 Å². The first-order valence-electron chi connectivity index (χ1n) is 7.26. The average Bonchev–Trinajstić information content (AvgIpc) is 3.04. The maximum atomic E-state index is 12.8. The molecule has 1 amide bonds. The van der Waals surface area contributed by atoms with E-state index < -0.39 is 0 Å². The highest BCUT2D eigenvalue weighted by Gasteiger charge is 2.31. The van der Waals surface area contributed by atoms with Gasteiger partial charge in [-0.2, -0.15) is 0 Å². The van der Waals surface area contributed by atoms with E-state index >= 15 is 0 Å². The fourth-order valence-corrected chi connectivity index (χ4v) is 3.25. The first-order chi connectivity index (χ1) is 10.1. The molecule has 1 saturated heterocycles. The largest absolute Gasteiger partial charge is 0.451 e. The Balaban J connectivity index is 1.96. The van der Waals surface area contributed by atoms with E-state index in [2.05, 4.69) is 5.32 Å².